The molecule has 4 aliphatic heterocycles. The number of pyridine rings is 1. The standard InChI is InChI=1S/C33H40FN7O4S/c1-3-32(42)41-13-4-6-27(41)22-8-9-26(40-18-21(19-40)29-7-5-15-46(29,43)44)24-17-36-31(16-23(22)24)37-30-10-12-35-33(38-30)39-14-11-28(45-2)25(34)20-39/h3,8-10,12,16-17,21,25,27-29H,1,4-7,11,13-15,18-20H2,2H3,(H,35,36,37,38)/t25-,27-,28+,29+/m0/s1. The van der Waals surface area contributed by atoms with E-state index in [1.165, 1.54) is 13.2 Å². The molecule has 7 rings (SSSR count). The molecule has 4 atom stereocenters. The molecule has 1 amide bonds. The summed E-state index contributed by atoms with van der Waals surface area (Å²) < 4.78 is 45.0. The van der Waals surface area contributed by atoms with E-state index in [0.29, 0.717) is 55.9 Å². The largest absolute Gasteiger partial charge is 0.378 e. The lowest BCUT2D eigenvalue weighted by atomic mass is 9.91. The van der Waals surface area contributed by atoms with Crippen LogP contribution in [0.5, 0.6) is 0 Å². The number of ether oxygens (including phenoxy) is 1. The average molecular weight is 650 g/mol. The molecule has 13 heteroatoms. The Kier molecular flexibility index (Phi) is 8.30. The predicted molar refractivity (Wildman–Crippen MR) is 176 cm³/mol. The summed E-state index contributed by atoms with van der Waals surface area (Å²) in [5.41, 5.74) is 2.04. The number of amides is 1. The lowest BCUT2D eigenvalue weighted by Crippen LogP contribution is -2.53. The number of hydrogen-bond acceptors (Lipinski definition) is 10. The van der Waals surface area contributed by atoms with E-state index in [1.807, 2.05) is 22.1 Å². The number of nitrogens with zero attached hydrogens (tertiary/aromatic N) is 6. The minimum Gasteiger partial charge on any atom is -0.378 e. The van der Waals surface area contributed by atoms with E-state index in [4.69, 9.17) is 9.72 Å². The van der Waals surface area contributed by atoms with Crippen molar-refractivity contribution in [2.75, 3.05) is 60.7 Å². The summed E-state index contributed by atoms with van der Waals surface area (Å²) in [5.74, 6) is 1.89. The van der Waals surface area contributed by atoms with Gasteiger partial charge in [-0.25, -0.2) is 22.8 Å². The van der Waals surface area contributed by atoms with Gasteiger partial charge in [0.15, 0.2) is 9.84 Å². The SMILES string of the molecule is C=CC(=O)N1CCC[C@H]1c1ccc(N2CC([C@H]3CCCS3(=O)=O)C2)c2cnc(Nc3ccnc(N4CC[C@@H](OC)[C@@H](F)C4)n3)cc12. The van der Waals surface area contributed by atoms with Crippen molar-refractivity contribution in [1.82, 2.24) is 19.9 Å². The number of carbonyl (C=O) groups is 1. The number of sulfone groups is 1. The van der Waals surface area contributed by atoms with Gasteiger partial charge in [0.05, 0.1) is 29.7 Å². The van der Waals surface area contributed by atoms with Crippen molar-refractivity contribution < 1.29 is 22.3 Å². The minimum atomic E-state index is -3.01. The zero-order valence-corrected chi connectivity index (χ0v) is 26.8. The molecule has 1 aromatic carbocycles. The summed E-state index contributed by atoms with van der Waals surface area (Å²) in [4.78, 5) is 32.5. The number of nitrogens with one attached hydrogen (secondary N) is 1. The van der Waals surface area contributed by atoms with Crippen molar-refractivity contribution in [3.8, 4) is 0 Å². The highest BCUT2D eigenvalue weighted by molar-refractivity contribution is 7.92. The smallest absolute Gasteiger partial charge is 0.246 e. The van der Waals surface area contributed by atoms with Crippen LogP contribution >= 0.6 is 0 Å². The Hall–Kier alpha value is -3.84. The molecule has 11 nitrogen and oxygen atoms in total. The molecule has 6 heterocycles. The van der Waals surface area contributed by atoms with Crippen LogP contribution < -0.4 is 15.1 Å². The van der Waals surface area contributed by atoms with Gasteiger partial charge < -0.3 is 24.8 Å². The zero-order valence-electron chi connectivity index (χ0n) is 26.0. The molecule has 2 aromatic heterocycles. The summed E-state index contributed by atoms with van der Waals surface area (Å²) in [7, 11) is -1.48. The third kappa shape index (κ3) is 5.68. The van der Waals surface area contributed by atoms with Crippen LogP contribution in [0.1, 0.15) is 43.7 Å². The summed E-state index contributed by atoms with van der Waals surface area (Å²) in [6, 6.07) is 7.83. The number of piperidine rings is 1. The molecule has 244 valence electrons. The molecule has 0 aliphatic carbocycles. The first-order valence-electron chi connectivity index (χ1n) is 16.1. The highest BCUT2D eigenvalue weighted by atomic mass is 32.2. The molecule has 0 unspecified atom stereocenters. The monoisotopic (exact) mass is 649 g/mol. The Morgan fingerprint density at radius 2 is 1.89 bits per heavy atom. The second kappa shape index (κ2) is 12.4. The first-order valence-corrected chi connectivity index (χ1v) is 17.8. The maximum absolute atomic E-state index is 14.6. The Morgan fingerprint density at radius 1 is 1.04 bits per heavy atom. The minimum absolute atomic E-state index is 0.0888. The number of carbonyl (C=O) groups excluding carboxylic acids is 1. The maximum atomic E-state index is 14.6. The second-order valence-electron chi connectivity index (χ2n) is 12.8. The maximum Gasteiger partial charge on any atom is 0.246 e. The second-order valence-corrected chi connectivity index (χ2v) is 15.1. The van der Waals surface area contributed by atoms with E-state index < -0.39 is 22.1 Å². The Balaban J connectivity index is 1.19. The first-order chi connectivity index (χ1) is 22.3. The molecule has 4 aliphatic rings. The Labute approximate surface area is 268 Å². The number of hydrogen-bond donors (Lipinski definition) is 1. The predicted octanol–water partition coefficient (Wildman–Crippen LogP) is 4.19. The van der Waals surface area contributed by atoms with Crippen molar-refractivity contribution in [2.24, 2.45) is 5.92 Å². The topological polar surface area (TPSA) is 121 Å². The summed E-state index contributed by atoms with van der Waals surface area (Å²) in [6.07, 6.45) is 7.11. The van der Waals surface area contributed by atoms with Gasteiger partial charge in [-0.3, -0.25) is 4.79 Å². The highest BCUT2D eigenvalue weighted by Gasteiger charge is 2.43. The number of halogens is 1. The van der Waals surface area contributed by atoms with Gasteiger partial charge in [-0.15, -0.1) is 0 Å². The van der Waals surface area contributed by atoms with E-state index in [0.717, 1.165) is 47.7 Å². The normalized spacial score (nSPS) is 26.3. The van der Waals surface area contributed by atoms with Gasteiger partial charge in [-0.1, -0.05) is 12.6 Å². The van der Waals surface area contributed by atoms with Crippen LogP contribution in [0, 0.1) is 5.92 Å². The van der Waals surface area contributed by atoms with Crippen LogP contribution in [-0.2, 0) is 19.4 Å². The molecule has 4 saturated heterocycles. The molecular formula is C33H40FN7O4S. The number of alkyl halides is 1. The van der Waals surface area contributed by atoms with Crippen molar-refractivity contribution in [1.29, 1.82) is 0 Å². The van der Waals surface area contributed by atoms with Gasteiger partial charge in [0.1, 0.15) is 17.8 Å². The van der Waals surface area contributed by atoms with Crippen LogP contribution in [0.25, 0.3) is 10.8 Å². The molecule has 0 bridgehead atoms. The fraction of sp³-hybridized carbons (Fsp3) is 0.515. The van der Waals surface area contributed by atoms with Crippen molar-refractivity contribution in [2.45, 2.75) is 55.7 Å². The van der Waals surface area contributed by atoms with Crippen LogP contribution in [0.2, 0.25) is 0 Å². The quantitative estimate of drug-likeness (QED) is 0.356. The van der Waals surface area contributed by atoms with Gasteiger partial charge >= 0.3 is 0 Å². The van der Waals surface area contributed by atoms with E-state index in [9.17, 15) is 17.6 Å². The number of likely N-dealkylation sites (tertiary alicyclic amines) is 1. The highest BCUT2D eigenvalue weighted by Crippen LogP contribution is 2.42. The number of anilines is 4. The van der Waals surface area contributed by atoms with E-state index in [-0.39, 0.29) is 29.7 Å². The van der Waals surface area contributed by atoms with Crippen molar-refractivity contribution in [3.63, 3.8) is 0 Å². The first kappa shape index (κ1) is 30.8. The van der Waals surface area contributed by atoms with Crippen LogP contribution in [0.4, 0.5) is 27.7 Å². The van der Waals surface area contributed by atoms with Crippen molar-refractivity contribution >= 4 is 49.8 Å². The summed E-state index contributed by atoms with van der Waals surface area (Å²) in [5, 5.41) is 4.99. The lowest BCUT2D eigenvalue weighted by Gasteiger charge is -2.44. The van der Waals surface area contributed by atoms with Crippen LogP contribution in [-0.4, -0.2) is 97.3 Å². The third-order valence-electron chi connectivity index (χ3n) is 10.1. The fourth-order valence-electron chi connectivity index (χ4n) is 7.67. The van der Waals surface area contributed by atoms with Gasteiger partial charge in [-0.05, 0) is 67.3 Å². The molecular weight excluding hydrogens is 609 g/mol. The summed E-state index contributed by atoms with van der Waals surface area (Å²) in [6.45, 7) is 6.51. The van der Waals surface area contributed by atoms with E-state index in [2.05, 4.69) is 38.9 Å². The number of benzene rings is 1. The van der Waals surface area contributed by atoms with Crippen LogP contribution in [0.15, 0.2) is 49.3 Å². The number of aromatic nitrogens is 3. The summed E-state index contributed by atoms with van der Waals surface area (Å²) >= 11 is 0. The molecule has 0 spiro atoms. The number of fused-ring (bicyclic) bond motifs is 1. The average Bonchev–Trinajstić information content (AvgIpc) is 3.66. The van der Waals surface area contributed by atoms with Crippen LogP contribution in [0.3, 0.4) is 0 Å². The van der Waals surface area contributed by atoms with Gasteiger partial charge in [0, 0.05) is 62.7 Å². The molecule has 0 saturated carbocycles. The molecule has 3 aromatic rings. The molecule has 46 heavy (non-hydrogen) atoms. The molecule has 1 N–H and O–H groups in total. The van der Waals surface area contributed by atoms with E-state index in [1.54, 1.807) is 12.3 Å². The number of methoxy groups -OCH3 is 1. The molecule has 4 fully saturated rings. The Morgan fingerprint density at radius 3 is 2.63 bits per heavy atom. The fourth-order valence-corrected chi connectivity index (χ4v) is 9.83. The Bertz CT molecular complexity index is 1750. The third-order valence-corrected chi connectivity index (χ3v) is 12.5. The number of rotatable bonds is 8. The zero-order chi connectivity index (χ0) is 32.0. The molecule has 0 radical (unpaired) electrons. The van der Waals surface area contributed by atoms with Gasteiger partial charge in [0.25, 0.3) is 0 Å². The van der Waals surface area contributed by atoms with Crippen molar-refractivity contribution in [3.05, 3.63) is 54.9 Å². The van der Waals surface area contributed by atoms with Gasteiger partial charge in [0.2, 0.25) is 11.9 Å². The lowest BCUT2D eigenvalue weighted by molar-refractivity contribution is -0.126. The van der Waals surface area contributed by atoms with E-state index >= 15 is 0 Å². The van der Waals surface area contributed by atoms with Gasteiger partial charge in [-0.2, -0.15) is 4.98 Å².